The van der Waals surface area contributed by atoms with E-state index in [4.69, 9.17) is 10.3 Å². The third-order valence-electron chi connectivity index (χ3n) is 2.75. The number of hydrogen-bond donors (Lipinski definition) is 2. The largest absolute Gasteiger partial charge is 0.370 e. The second-order valence-corrected chi connectivity index (χ2v) is 4.16. The highest BCUT2D eigenvalue weighted by Crippen LogP contribution is 2.12. The van der Waals surface area contributed by atoms with Crippen molar-refractivity contribution >= 4 is 35.8 Å². The molecule has 2 aromatic heterocycles. The Morgan fingerprint density at radius 3 is 2.80 bits per heavy atom. The monoisotopic (exact) mass is 387 g/mol. The molecule has 6 nitrogen and oxygen atoms in total. The maximum Gasteiger partial charge on any atom is 0.194 e. The summed E-state index contributed by atoms with van der Waals surface area (Å²) in [6, 6.07) is 5.55. The van der Waals surface area contributed by atoms with E-state index >= 15 is 0 Å². The third-order valence-corrected chi connectivity index (χ3v) is 2.75. The van der Waals surface area contributed by atoms with E-state index in [2.05, 4.69) is 20.4 Å². The normalized spacial score (nSPS) is 11.0. The van der Waals surface area contributed by atoms with Gasteiger partial charge in [-0.1, -0.05) is 11.2 Å². The number of guanidine groups is 1. The van der Waals surface area contributed by atoms with Gasteiger partial charge in [-0.3, -0.25) is 4.99 Å². The molecule has 7 heteroatoms. The molecule has 0 aliphatic heterocycles. The fraction of sp³-hybridized carbons (Fsp3) is 0.308. The standard InChI is InChI=1S/C13H17N5O.HI/c1-9-11(10(2)19-18-9)6-8-16-13(14)17-12-5-3-4-7-15-12;/h3-5,7H,6,8H2,1-2H3,(H3,14,15,16,17);1H. The molecule has 20 heavy (non-hydrogen) atoms. The van der Waals surface area contributed by atoms with Crippen molar-refractivity contribution in [3.05, 3.63) is 41.4 Å². The molecule has 0 spiro atoms. The molecule has 2 aromatic rings. The van der Waals surface area contributed by atoms with Gasteiger partial charge in [-0.05, 0) is 32.4 Å². The van der Waals surface area contributed by atoms with E-state index in [1.54, 1.807) is 6.20 Å². The first-order valence-corrected chi connectivity index (χ1v) is 6.06. The summed E-state index contributed by atoms with van der Waals surface area (Å²) in [6.07, 6.45) is 2.45. The summed E-state index contributed by atoms with van der Waals surface area (Å²) in [5.41, 5.74) is 7.78. The number of hydrogen-bond acceptors (Lipinski definition) is 4. The molecule has 0 unspecified atom stereocenters. The van der Waals surface area contributed by atoms with Crippen molar-refractivity contribution in [1.82, 2.24) is 10.1 Å². The summed E-state index contributed by atoms with van der Waals surface area (Å²) in [5.74, 6) is 1.87. The molecule has 2 rings (SSSR count). The summed E-state index contributed by atoms with van der Waals surface area (Å²) in [7, 11) is 0. The lowest BCUT2D eigenvalue weighted by atomic mass is 10.1. The number of aryl methyl sites for hydroxylation is 2. The lowest BCUT2D eigenvalue weighted by molar-refractivity contribution is 0.392. The highest BCUT2D eigenvalue weighted by Gasteiger charge is 2.07. The lowest BCUT2D eigenvalue weighted by Crippen LogP contribution is -2.23. The number of nitrogens with two attached hydrogens (primary N) is 1. The second-order valence-electron chi connectivity index (χ2n) is 4.16. The van der Waals surface area contributed by atoms with Gasteiger partial charge in [0, 0.05) is 18.3 Å². The molecular formula is C13H18IN5O. The first-order valence-electron chi connectivity index (χ1n) is 6.06. The molecule has 0 aliphatic carbocycles. The Bertz CT molecular complexity index is 548. The minimum Gasteiger partial charge on any atom is -0.370 e. The van der Waals surface area contributed by atoms with Crippen LogP contribution in [0.15, 0.2) is 33.9 Å². The van der Waals surface area contributed by atoms with Gasteiger partial charge in [0.1, 0.15) is 11.6 Å². The number of aromatic nitrogens is 2. The molecule has 2 heterocycles. The molecule has 108 valence electrons. The van der Waals surface area contributed by atoms with Crippen molar-refractivity contribution < 1.29 is 4.52 Å². The molecule has 0 atom stereocenters. The van der Waals surface area contributed by atoms with Crippen LogP contribution in [0.4, 0.5) is 5.82 Å². The SMILES string of the molecule is Cc1noc(C)c1CCN=C(N)Nc1ccccn1.I. The van der Waals surface area contributed by atoms with Gasteiger partial charge in [0.05, 0.1) is 5.69 Å². The van der Waals surface area contributed by atoms with Crippen molar-refractivity contribution in [2.24, 2.45) is 10.7 Å². The van der Waals surface area contributed by atoms with Crippen LogP contribution in [0.3, 0.4) is 0 Å². The molecular weight excluding hydrogens is 369 g/mol. The highest BCUT2D eigenvalue weighted by molar-refractivity contribution is 14.0. The van der Waals surface area contributed by atoms with Crippen LogP contribution in [0.25, 0.3) is 0 Å². The smallest absolute Gasteiger partial charge is 0.194 e. The molecule has 0 bridgehead atoms. The van der Waals surface area contributed by atoms with Crippen molar-refractivity contribution in [2.75, 3.05) is 11.9 Å². The Hall–Kier alpha value is -1.64. The predicted molar refractivity (Wildman–Crippen MR) is 89.4 cm³/mol. The Kier molecular flexibility index (Phi) is 6.43. The summed E-state index contributed by atoms with van der Waals surface area (Å²) in [5, 5.41) is 6.83. The number of nitrogens with zero attached hydrogens (tertiary/aromatic N) is 3. The van der Waals surface area contributed by atoms with Crippen molar-refractivity contribution in [2.45, 2.75) is 20.3 Å². The zero-order chi connectivity index (χ0) is 13.7. The maximum absolute atomic E-state index is 5.78. The molecule has 0 radical (unpaired) electrons. The topological polar surface area (TPSA) is 89.3 Å². The molecule has 0 aliphatic rings. The van der Waals surface area contributed by atoms with Crippen LogP contribution in [-0.2, 0) is 6.42 Å². The summed E-state index contributed by atoms with van der Waals surface area (Å²) in [6.45, 7) is 4.40. The number of nitrogens with one attached hydrogen (secondary N) is 1. The van der Waals surface area contributed by atoms with Crippen LogP contribution in [0, 0.1) is 13.8 Å². The van der Waals surface area contributed by atoms with E-state index in [1.165, 1.54) is 0 Å². The van der Waals surface area contributed by atoms with Crippen molar-refractivity contribution in [1.29, 1.82) is 0 Å². The van der Waals surface area contributed by atoms with E-state index in [1.807, 2.05) is 32.0 Å². The van der Waals surface area contributed by atoms with Crippen LogP contribution < -0.4 is 11.1 Å². The molecule has 0 aromatic carbocycles. The number of pyridine rings is 1. The summed E-state index contributed by atoms with van der Waals surface area (Å²) < 4.78 is 5.09. The Morgan fingerprint density at radius 1 is 1.40 bits per heavy atom. The van der Waals surface area contributed by atoms with E-state index in [0.29, 0.717) is 18.3 Å². The summed E-state index contributed by atoms with van der Waals surface area (Å²) in [4.78, 5) is 8.36. The number of aliphatic imine (C=N–C) groups is 1. The van der Waals surface area contributed by atoms with Gasteiger partial charge in [-0.2, -0.15) is 0 Å². The van der Waals surface area contributed by atoms with Gasteiger partial charge >= 0.3 is 0 Å². The average Bonchev–Trinajstić information content (AvgIpc) is 2.71. The van der Waals surface area contributed by atoms with Gasteiger partial charge in [0.15, 0.2) is 5.96 Å². The number of anilines is 1. The fourth-order valence-electron chi connectivity index (χ4n) is 1.75. The Balaban J connectivity index is 0.00000200. The second kappa shape index (κ2) is 7.83. The van der Waals surface area contributed by atoms with Crippen LogP contribution in [0.1, 0.15) is 17.0 Å². The van der Waals surface area contributed by atoms with Crippen LogP contribution in [0.5, 0.6) is 0 Å². The molecule has 0 amide bonds. The van der Waals surface area contributed by atoms with Gasteiger partial charge < -0.3 is 15.6 Å². The van der Waals surface area contributed by atoms with E-state index < -0.39 is 0 Å². The van der Waals surface area contributed by atoms with Gasteiger partial charge in [0.25, 0.3) is 0 Å². The van der Waals surface area contributed by atoms with Crippen LogP contribution >= 0.6 is 24.0 Å². The van der Waals surface area contributed by atoms with Crippen LogP contribution in [-0.4, -0.2) is 22.6 Å². The molecule has 0 saturated heterocycles. The molecule has 0 fully saturated rings. The van der Waals surface area contributed by atoms with Crippen molar-refractivity contribution in [3.63, 3.8) is 0 Å². The van der Waals surface area contributed by atoms with E-state index in [-0.39, 0.29) is 24.0 Å². The number of rotatable bonds is 4. The van der Waals surface area contributed by atoms with Crippen LogP contribution in [0.2, 0.25) is 0 Å². The minimum atomic E-state index is 0. The number of halogens is 1. The van der Waals surface area contributed by atoms with Gasteiger partial charge in [-0.15, -0.1) is 24.0 Å². The predicted octanol–water partition coefficient (Wildman–Crippen LogP) is 2.27. The maximum atomic E-state index is 5.78. The van der Waals surface area contributed by atoms with Crippen molar-refractivity contribution in [3.8, 4) is 0 Å². The fourth-order valence-corrected chi connectivity index (χ4v) is 1.75. The lowest BCUT2D eigenvalue weighted by Gasteiger charge is -2.04. The van der Waals surface area contributed by atoms with E-state index in [9.17, 15) is 0 Å². The van der Waals surface area contributed by atoms with Gasteiger partial charge in [0.2, 0.25) is 0 Å². The van der Waals surface area contributed by atoms with Gasteiger partial charge in [-0.25, -0.2) is 4.98 Å². The molecule has 0 saturated carbocycles. The zero-order valence-electron chi connectivity index (χ0n) is 11.5. The van der Waals surface area contributed by atoms with E-state index in [0.717, 1.165) is 23.4 Å². The average molecular weight is 387 g/mol. The minimum absolute atomic E-state index is 0. The first-order chi connectivity index (χ1) is 9.16. The Labute approximate surface area is 134 Å². The first kappa shape index (κ1) is 16.4. The zero-order valence-corrected chi connectivity index (χ0v) is 13.8. The quantitative estimate of drug-likeness (QED) is 0.477. The summed E-state index contributed by atoms with van der Waals surface area (Å²) >= 11 is 0. The molecule has 3 N–H and O–H groups in total. The highest BCUT2D eigenvalue weighted by atomic mass is 127. The third kappa shape index (κ3) is 4.48. The Morgan fingerprint density at radius 2 is 2.20 bits per heavy atom.